The zero-order valence-electron chi connectivity index (χ0n) is 15.9. The second kappa shape index (κ2) is 7.44. The third-order valence-electron chi connectivity index (χ3n) is 4.74. The monoisotopic (exact) mass is 404 g/mol. The fraction of sp³-hybridized carbons (Fsp3) is 0.286. The lowest BCUT2D eigenvalue weighted by Crippen LogP contribution is -2.21. The Morgan fingerprint density at radius 2 is 1.90 bits per heavy atom. The van der Waals surface area contributed by atoms with E-state index >= 15 is 0 Å². The van der Waals surface area contributed by atoms with Gasteiger partial charge in [-0.1, -0.05) is 18.2 Å². The van der Waals surface area contributed by atoms with E-state index in [1.165, 1.54) is 19.2 Å². The molecule has 0 fully saturated rings. The number of fused-ring (bicyclic) bond motifs is 1. The topological polar surface area (TPSA) is 45.5 Å². The molecular weight excluding hydrogens is 385 g/mol. The number of ether oxygens (including phenoxy) is 3. The van der Waals surface area contributed by atoms with Crippen LogP contribution in [0.2, 0.25) is 0 Å². The average molecular weight is 404 g/mol. The lowest BCUT2D eigenvalue weighted by Gasteiger charge is -2.21. The van der Waals surface area contributed by atoms with Gasteiger partial charge in [0.15, 0.2) is 0 Å². The number of benzene rings is 2. The lowest BCUT2D eigenvalue weighted by molar-refractivity contribution is -0.138. The summed E-state index contributed by atoms with van der Waals surface area (Å²) >= 11 is 0. The van der Waals surface area contributed by atoms with Crippen molar-refractivity contribution in [1.82, 2.24) is 9.78 Å². The van der Waals surface area contributed by atoms with Crippen molar-refractivity contribution in [2.75, 3.05) is 7.11 Å². The minimum absolute atomic E-state index is 0.0427. The summed E-state index contributed by atoms with van der Waals surface area (Å²) in [6.45, 7) is 2.25. The molecule has 5 nitrogen and oxygen atoms in total. The number of rotatable bonds is 4. The van der Waals surface area contributed by atoms with Crippen LogP contribution in [0.4, 0.5) is 13.2 Å². The molecule has 0 spiro atoms. The van der Waals surface area contributed by atoms with Crippen LogP contribution in [0.15, 0.2) is 48.5 Å². The maximum Gasteiger partial charge on any atom is 0.419 e. The zero-order chi connectivity index (χ0) is 20.6. The molecule has 1 aromatic heterocycles. The number of para-hydroxylation sites is 1. The fourth-order valence-electron chi connectivity index (χ4n) is 3.32. The predicted octanol–water partition coefficient (Wildman–Crippen LogP) is 5.15. The zero-order valence-corrected chi connectivity index (χ0v) is 15.9. The number of methoxy groups -OCH3 is 1. The van der Waals surface area contributed by atoms with Crippen molar-refractivity contribution in [1.29, 1.82) is 0 Å². The van der Waals surface area contributed by atoms with Crippen molar-refractivity contribution >= 4 is 0 Å². The van der Waals surface area contributed by atoms with Crippen molar-refractivity contribution in [3.05, 3.63) is 65.4 Å². The number of halogens is 3. The molecule has 152 valence electrons. The van der Waals surface area contributed by atoms with Gasteiger partial charge in [-0.25, -0.2) is 4.68 Å². The molecule has 4 rings (SSSR count). The molecule has 0 amide bonds. The first kappa shape index (κ1) is 19.3. The standard InChI is InChI=1S/C21H19F3N2O3/c1-13-10-18-16(12-28-13)20(29-15-6-4-3-5-7-15)25-26(18)14-8-9-17(21(22,23)24)19(11-14)27-2/h3-9,11,13H,10,12H2,1-2H3/t13-/m1/s1. The molecule has 3 aromatic rings. The molecule has 0 aliphatic carbocycles. The molecule has 2 heterocycles. The summed E-state index contributed by atoms with van der Waals surface area (Å²) in [6.07, 6.45) is -3.99. The normalized spacial score (nSPS) is 16.4. The minimum atomic E-state index is -4.50. The van der Waals surface area contributed by atoms with E-state index in [0.29, 0.717) is 30.3 Å². The predicted molar refractivity (Wildman–Crippen MR) is 99.6 cm³/mol. The van der Waals surface area contributed by atoms with Gasteiger partial charge in [-0.05, 0) is 31.2 Å². The molecule has 1 aliphatic rings. The van der Waals surface area contributed by atoms with E-state index in [1.807, 2.05) is 25.1 Å². The number of hydrogen-bond donors (Lipinski definition) is 0. The highest BCUT2D eigenvalue weighted by atomic mass is 19.4. The number of nitrogens with zero attached hydrogens (tertiary/aromatic N) is 2. The van der Waals surface area contributed by atoms with Crippen molar-refractivity contribution < 1.29 is 27.4 Å². The van der Waals surface area contributed by atoms with Crippen molar-refractivity contribution in [3.8, 4) is 23.1 Å². The third-order valence-corrected chi connectivity index (χ3v) is 4.74. The quantitative estimate of drug-likeness (QED) is 0.603. The molecule has 0 unspecified atom stereocenters. The Morgan fingerprint density at radius 3 is 2.59 bits per heavy atom. The van der Waals surface area contributed by atoms with Crippen LogP contribution in [0, 0.1) is 0 Å². The van der Waals surface area contributed by atoms with E-state index in [9.17, 15) is 13.2 Å². The maximum absolute atomic E-state index is 13.2. The number of aromatic nitrogens is 2. The molecule has 2 aromatic carbocycles. The first-order chi connectivity index (χ1) is 13.9. The Bertz CT molecular complexity index is 1020. The Morgan fingerprint density at radius 1 is 1.14 bits per heavy atom. The summed E-state index contributed by atoms with van der Waals surface area (Å²) in [6, 6.07) is 12.9. The van der Waals surface area contributed by atoms with Gasteiger partial charge in [0.25, 0.3) is 0 Å². The first-order valence-corrected chi connectivity index (χ1v) is 9.07. The second-order valence-corrected chi connectivity index (χ2v) is 6.77. The Labute approximate surface area is 165 Å². The molecule has 8 heteroatoms. The number of alkyl halides is 3. The van der Waals surface area contributed by atoms with Gasteiger partial charge in [0.2, 0.25) is 5.88 Å². The van der Waals surface area contributed by atoms with E-state index in [1.54, 1.807) is 16.8 Å². The third kappa shape index (κ3) is 3.80. The molecule has 0 bridgehead atoms. The molecule has 0 N–H and O–H groups in total. The Balaban J connectivity index is 1.79. The van der Waals surface area contributed by atoms with Gasteiger partial charge in [-0.15, -0.1) is 5.10 Å². The Hall–Kier alpha value is -3.00. The van der Waals surface area contributed by atoms with E-state index in [4.69, 9.17) is 14.2 Å². The smallest absolute Gasteiger partial charge is 0.419 e. The SMILES string of the molecule is COc1cc(-n2nc(Oc3ccccc3)c3c2C[C@@H](C)OC3)ccc1C(F)(F)F. The fourth-order valence-corrected chi connectivity index (χ4v) is 3.32. The van der Waals surface area contributed by atoms with Crippen LogP contribution in [-0.4, -0.2) is 23.0 Å². The molecule has 29 heavy (non-hydrogen) atoms. The highest BCUT2D eigenvalue weighted by Crippen LogP contribution is 2.39. The highest BCUT2D eigenvalue weighted by Gasteiger charge is 2.35. The average Bonchev–Trinajstić information content (AvgIpc) is 3.05. The summed E-state index contributed by atoms with van der Waals surface area (Å²) in [5, 5.41) is 4.54. The van der Waals surface area contributed by atoms with Gasteiger partial charge in [0.05, 0.1) is 42.3 Å². The van der Waals surface area contributed by atoms with Crippen LogP contribution in [0.25, 0.3) is 5.69 Å². The Kier molecular flexibility index (Phi) is 4.96. The van der Waals surface area contributed by atoms with Crippen LogP contribution in [0.5, 0.6) is 17.4 Å². The van der Waals surface area contributed by atoms with Crippen molar-refractivity contribution in [3.63, 3.8) is 0 Å². The first-order valence-electron chi connectivity index (χ1n) is 9.07. The second-order valence-electron chi connectivity index (χ2n) is 6.77. The van der Waals surface area contributed by atoms with E-state index < -0.39 is 11.7 Å². The van der Waals surface area contributed by atoms with Crippen LogP contribution in [-0.2, 0) is 23.9 Å². The molecule has 0 radical (unpaired) electrons. The summed E-state index contributed by atoms with van der Waals surface area (Å²) in [7, 11) is 1.22. The van der Waals surface area contributed by atoms with Gasteiger partial charge in [0, 0.05) is 12.5 Å². The molecule has 0 saturated heterocycles. The van der Waals surface area contributed by atoms with Gasteiger partial charge in [0.1, 0.15) is 11.5 Å². The van der Waals surface area contributed by atoms with Gasteiger partial charge < -0.3 is 14.2 Å². The number of hydrogen-bond acceptors (Lipinski definition) is 4. The van der Waals surface area contributed by atoms with E-state index in [0.717, 1.165) is 17.3 Å². The maximum atomic E-state index is 13.2. The van der Waals surface area contributed by atoms with E-state index in [-0.39, 0.29) is 11.9 Å². The summed E-state index contributed by atoms with van der Waals surface area (Å²) in [5.74, 6) is 0.727. The summed E-state index contributed by atoms with van der Waals surface area (Å²) in [5.41, 5.74) is 1.26. The molecular formula is C21H19F3N2O3. The molecule has 1 aliphatic heterocycles. The van der Waals surface area contributed by atoms with Crippen molar-refractivity contribution in [2.45, 2.75) is 32.2 Å². The van der Waals surface area contributed by atoms with Crippen molar-refractivity contribution in [2.24, 2.45) is 0 Å². The largest absolute Gasteiger partial charge is 0.496 e. The van der Waals surface area contributed by atoms with Gasteiger partial charge in [-0.3, -0.25) is 0 Å². The van der Waals surface area contributed by atoms with Crippen LogP contribution in [0.1, 0.15) is 23.7 Å². The van der Waals surface area contributed by atoms with Gasteiger partial charge in [-0.2, -0.15) is 13.2 Å². The summed E-state index contributed by atoms with van der Waals surface area (Å²) < 4.78 is 57.9. The van der Waals surface area contributed by atoms with Crippen LogP contribution < -0.4 is 9.47 Å². The minimum Gasteiger partial charge on any atom is -0.496 e. The van der Waals surface area contributed by atoms with E-state index in [2.05, 4.69) is 5.10 Å². The van der Waals surface area contributed by atoms with Crippen LogP contribution in [0.3, 0.4) is 0 Å². The lowest BCUT2D eigenvalue weighted by atomic mass is 10.1. The van der Waals surface area contributed by atoms with Crippen LogP contribution >= 0.6 is 0 Å². The highest BCUT2D eigenvalue weighted by molar-refractivity contribution is 5.49. The van der Waals surface area contributed by atoms with Gasteiger partial charge >= 0.3 is 6.18 Å². The summed E-state index contributed by atoms with van der Waals surface area (Å²) in [4.78, 5) is 0. The molecule has 1 atom stereocenters. The molecule has 0 saturated carbocycles.